The average molecular weight is 507 g/mol. The van der Waals surface area contributed by atoms with E-state index >= 15 is 0 Å². The van der Waals surface area contributed by atoms with Gasteiger partial charge in [0.15, 0.2) is 0 Å². The molecule has 0 heterocycles. The zero-order chi connectivity index (χ0) is 25.8. The van der Waals surface area contributed by atoms with E-state index in [1.807, 2.05) is 86.6 Å². The Hall–Kier alpha value is -3.31. The maximum atomic E-state index is 13.6. The molecule has 6 heteroatoms. The molecule has 3 aromatic carbocycles. The van der Waals surface area contributed by atoms with Crippen LogP contribution in [0, 0.1) is 6.92 Å². The first-order valence-corrected chi connectivity index (χ1v) is 12.9. The van der Waals surface area contributed by atoms with Crippen LogP contribution in [0.15, 0.2) is 78.9 Å². The molecule has 0 spiro atoms. The number of ether oxygens (including phenoxy) is 1. The summed E-state index contributed by atoms with van der Waals surface area (Å²) in [6, 6.07) is 24.4. The highest BCUT2D eigenvalue weighted by Crippen LogP contribution is 2.19. The van der Waals surface area contributed by atoms with Crippen LogP contribution in [0.3, 0.4) is 0 Å². The van der Waals surface area contributed by atoms with Gasteiger partial charge in [-0.3, -0.25) is 9.59 Å². The minimum absolute atomic E-state index is 0.0879. The summed E-state index contributed by atoms with van der Waals surface area (Å²) in [7, 11) is 0. The predicted molar refractivity (Wildman–Crippen MR) is 145 cm³/mol. The molecule has 0 aliphatic carbocycles. The fourth-order valence-corrected chi connectivity index (χ4v) is 4.16. The van der Waals surface area contributed by atoms with E-state index in [4.69, 9.17) is 16.3 Å². The summed E-state index contributed by atoms with van der Waals surface area (Å²) in [6.07, 6.45) is 2.08. The first-order valence-electron chi connectivity index (χ1n) is 12.5. The van der Waals surface area contributed by atoms with Crippen molar-refractivity contribution in [3.63, 3.8) is 0 Å². The van der Waals surface area contributed by atoms with Gasteiger partial charge in [-0.25, -0.2) is 0 Å². The summed E-state index contributed by atoms with van der Waals surface area (Å²) >= 11 is 6.22. The van der Waals surface area contributed by atoms with Crippen LogP contribution in [0.1, 0.15) is 42.9 Å². The van der Waals surface area contributed by atoms with Crippen molar-refractivity contribution >= 4 is 23.4 Å². The van der Waals surface area contributed by atoms with E-state index in [2.05, 4.69) is 5.32 Å². The number of nitrogens with zero attached hydrogens (tertiary/aromatic N) is 1. The number of carbonyl (C=O) groups is 2. The number of amides is 2. The third-order valence-electron chi connectivity index (χ3n) is 5.89. The van der Waals surface area contributed by atoms with Crippen molar-refractivity contribution < 1.29 is 14.3 Å². The number of rotatable bonds is 13. The maximum Gasteiger partial charge on any atom is 0.243 e. The number of hydrogen-bond donors (Lipinski definition) is 1. The summed E-state index contributed by atoms with van der Waals surface area (Å²) in [4.78, 5) is 28.5. The lowest BCUT2D eigenvalue weighted by atomic mass is 10.0. The third kappa shape index (κ3) is 8.72. The zero-order valence-corrected chi connectivity index (χ0v) is 21.8. The minimum Gasteiger partial charge on any atom is -0.494 e. The van der Waals surface area contributed by atoms with Gasteiger partial charge in [0.25, 0.3) is 0 Å². The normalized spacial score (nSPS) is 11.5. The number of benzene rings is 3. The Morgan fingerprint density at radius 3 is 2.39 bits per heavy atom. The molecule has 36 heavy (non-hydrogen) atoms. The number of aryl methyl sites for hydroxylation is 1. The molecule has 0 saturated heterocycles. The van der Waals surface area contributed by atoms with E-state index in [1.54, 1.807) is 11.0 Å². The molecule has 3 aromatic rings. The molecule has 1 atom stereocenters. The Bertz CT molecular complexity index is 1100. The number of halogens is 1. The molecule has 0 bridgehead atoms. The molecule has 1 unspecified atom stereocenters. The Morgan fingerprint density at radius 1 is 0.972 bits per heavy atom. The lowest BCUT2D eigenvalue weighted by Crippen LogP contribution is -2.50. The summed E-state index contributed by atoms with van der Waals surface area (Å²) in [5.41, 5.74) is 3.05. The van der Waals surface area contributed by atoms with E-state index in [9.17, 15) is 9.59 Å². The molecule has 0 saturated carbocycles. The second-order valence-electron chi connectivity index (χ2n) is 8.91. The maximum absolute atomic E-state index is 13.6. The summed E-state index contributed by atoms with van der Waals surface area (Å²) in [5.74, 6) is 0.548. The Labute approximate surface area is 219 Å². The molecule has 5 nitrogen and oxygen atoms in total. The summed E-state index contributed by atoms with van der Waals surface area (Å²) in [6.45, 7) is 5.32. The fourth-order valence-electron chi connectivity index (χ4n) is 3.94. The molecule has 190 valence electrons. The number of nitrogens with one attached hydrogen (secondary N) is 1. The standard InChI is InChI=1S/C30H35ClN2O3/c1-3-18-32-30(35)28(21-24-9-5-4-6-10-24)33(22-25-11-7-12-26(31)20-25)29(34)13-8-19-36-27-16-14-23(2)15-17-27/h4-7,9-12,14-17,20,28H,3,8,13,18-19,21-22H2,1-2H3,(H,32,35). The molecular formula is C30H35ClN2O3. The lowest BCUT2D eigenvalue weighted by Gasteiger charge is -2.31. The largest absolute Gasteiger partial charge is 0.494 e. The van der Waals surface area contributed by atoms with Gasteiger partial charge in [0.05, 0.1) is 6.61 Å². The minimum atomic E-state index is -0.636. The number of hydrogen-bond acceptors (Lipinski definition) is 3. The smallest absolute Gasteiger partial charge is 0.243 e. The molecule has 0 aromatic heterocycles. The van der Waals surface area contributed by atoms with Gasteiger partial charge < -0.3 is 15.0 Å². The van der Waals surface area contributed by atoms with Crippen LogP contribution in [-0.4, -0.2) is 35.9 Å². The van der Waals surface area contributed by atoms with Crippen molar-refractivity contribution in [2.45, 2.75) is 52.1 Å². The molecule has 0 aliphatic heterocycles. The van der Waals surface area contributed by atoms with Crippen molar-refractivity contribution in [1.82, 2.24) is 10.2 Å². The van der Waals surface area contributed by atoms with Crippen LogP contribution < -0.4 is 10.1 Å². The summed E-state index contributed by atoms with van der Waals surface area (Å²) in [5, 5.41) is 3.59. The SMILES string of the molecule is CCCNC(=O)C(Cc1ccccc1)N(Cc1cccc(Cl)c1)C(=O)CCCOc1ccc(C)cc1. The lowest BCUT2D eigenvalue weighted by molar-refractivity contribution is -0.141. The van der Waals surface area contributed by atoms with E-state index in [-0.39, 0.29) is 18.2 Å². The van der Waals surface area contributed by atoms with Gasteiger partial charge in [-0.1, -0.05) is 78.7 Å². The number of carbonyl (C=O) groups excluding carboxylic acids is 2. The van der Waals surface area contributed by atoms with Crippen molar-refractivity contribution in [3.05, 3.63) is 101 Å². The highest BCUT2D eigenvalue weighted by molar-refractivity contribution is 6.30. The third-order valence-corrected chi connectivity index (χ3v) is 6.12. The van der Waals surface area contributed by atoms with Gasteiger partial charge in [-0.2, -0.15) is 0 Å². The topological polar surface area (TPSA) is 58.6 Å². The van der Waals surface area contributed by atoms with Crippen molar-refractivity contribution in [3.8, 4) is 5.75 Å². The molecule has 1 N–H and O–H groups in total. The monoisotopic (exact) mass is 506 g/mol. The molecule has 0 radical (unpaired) electrons. The predicted octanol–water partition coefficient (Wildman–Crippen LogP) is 5.97. The van der Waals surface area contributed by atoms with Crippen LogP contribution in [0.25, 0.3) is 0 Å². The van der Waals surface area contributed by atoms with Gasteiger partial charge in [-0.05, 0) is 55.2 Å². The van der Waals surface area contributed by atoms with Crippen molar-refractivity contribution in [2.75, 3.05) is 13.2 Å². The van der Waals surface area contributed by atoms with Gasteiger partial charge in [-0.15, -0.1) is 0 Å². The molecule has 0 aliphatic rings. The van der Waals surface area contributed by atoms with Gasteiger partial charge >= 0.3 is 0 Å². The van der Waals surface area contributed by atoms with Crippen molar-refractivity contribution in [2.24, 2.45) is 0 Å². The van der Waals surface area contributed by atoms with Crippen LogP contribution in [0.5, 0.6) is 5.75 Å². The van der Waals surface area contributed by atoms with Gasteiger partial charge in [0, 0.05) is 31.0 Å². The zero-order valence-electron chi connectivity index (χ0n) is 21.1. The van der Waals surface area contributed by atoms with E-state index in [1.165, 1.54) is 5.56 Å². The molecular weight excluding hydrogens is 472 g/mol. The first-order chi connectivity index (χ1) is 17.5. The molecule has 0 fully saturated rings. The van der Waals surface area contributed by atoms with E-state index < -0.39 is 6.04 Å². The van der Waals surface area contributed by atoms with Crippen LogP contribution in [0.2, 0.25) is 5.02 Å². The van der Waals surface area contributed by atoms with Gasteiger partial charge in [0.1, 0.15) is 11.8 Å². The van der Waals surface area contributed by atoms with Crippen LogP contribution in [0.4, 0.5) is 0 Å². The Kier molecular flexibility index (Phi) is 10.8. The summed E-state index contributed by atoms with van der Waals surface area (Å²) < 4.78 is 5.81. The molecule has 3 rings (SSSR count). The van der Waals surface area contributed by atoms with Crippen molar-refractivity contribution in [1.29, 1.82) is 0 Å². The second kappa shape index (κ2) is 14.3. The van der Waals surface area contributed by atoms with Gasteiger partial charge in [0.2, 0.25) is 11.8 Å². The van der Waals surface area contributed by atoms with E-state index in [0.29, 0.717) is 37.6 Å². The highest BCUT2D eigenvalue weighted by Gasteiger charge is 2.30. The van der Waals surface area contributed by atoms with Crippen LogP contribution >= 0.6 is 11.6 Å². The fraction of sp³-hybridized carbons (Fsp3) is 0.333. The average Bonchev–Trinajstić information content (AvgIpc) is 2.88. The Balaban J connectivity index is 1.77. The van der Waals surface area contributed by atoms with Crippen LogP contribution in [-0.2, 0) is 22.6 Å². The Morgan fingerprint density at radius 2 is 1.69 bits per heavy atom. The highest BCUT2D eigenvalue weighted by atomic mass is 35.5. The second-order valence-corrected chi connectivity index (χ2v) is 9.35. The molecule has 2 amide bonds. The quantitative estimate of drug-likeness (QED) is 0.290. The van der Waals surface area contributed by atoms with E-state index in [0.717, 1.165) is 23.3 Å². The first kappa shape index (κ1) is 27.3.